The number of nitrogens with one attached hydrogen (secondary N) is 1. The lowest BCUT2D eigenvalue weighted by molar-refractivity contribution is -0.127. The maximum atomic E-state index is 12.2. The standard InChI is InChI=1S/C19H17Cl2N3O3S/c1-12(27-16-6-4-13(20)11-14(16)21)19(26)22-8-9-24-18(25)7-5-15(23-24)17-3-2-10-28-17/h2-7,10-12H,8-9H2,1H3,(H,22,26)/t12-/m1/s1. The molecule has 1 aromatic carbocycles. The van der Waals surface area contributed by atoms with Crippen molar-refractivity contribution < 1.29 is 9.53 Å². The number of aromatic nitrogens is 2. The molecule has 3 rings (SSSR count). The lowest BCUT2D eigenvalue weighted by Crippen LogP contribution is -2.39. The number of ether oxygens (including phenoxy) is 1. The molecule has 0 fully saturated rings. The number of benzene rings is 1. The van der Waals surface area contributed by atoms with Gasteiger partial charge in [0.2, 0.25) is 0 Å². The molecule has 0 spiro atoms. The van der Waals surface area contributed by atoms with Gasteiger partial charge in [-0.05, 0) is 42.6 Å². The number of hydrogen-bond donors (Lipinski definition) is 1. The molecular formula is C19H17Cl2N3O3S. The SMILES string of the molecule is C[C@@H](Oc1ccc(Cl)cc1Cl)C(=O)NCCn1nc(-c2cccs2)ccc1=O. The molecule has 0 aliphatic heterocycles. The Kier molecular flexibility index (Phi) is 6.72. The van der Waals surface area contributed by atoms with Crippen LogP contribution in [0, 0.1) is 0 Å². The predicted octanol–water partition coefficient (Wildman–Crippen LogP) is 3.86. The fourth-order valence-electron chi connectivity index (χ4n) is 2.41. The van der Waals surface area contributed by atoms with Gasteiger partial charge in [0.15, 0.2) is 6.10 Å². The van der Waals surface area contributed by atoms with Crippen LogP contribution in [-0.2, 0) is 11.3 Å². The Bertz CT molecular complexity index is 1020. The van der Waals surface area contributed by atoms with Crippen molar-refractivity contribution in [1.82, 2.24) is 15.1 Å². The molecular weight excluding hydrogens is 421 g/mol. The molecule has 6 nitrogen and oxygen atoms in total. The van der Waals surface area contributed by atoms with Gasteiger partial charge in [-0.3, -0.25) is 9.59 Å². The van der Waals surface area contributed by atoms with Crippen LogP contribution < -0.4 is 15.6 Å². The van der Waals surface area contributed by atoms with E-state index in [2.05, 4.69) is 10.4 Å². The topological polar surface area (TPSA) is 73.2 Å². The number of thiophene rings is 1. The number of rotatable bonds is 7. The summed E-state index contributed by atoms with van der Waals surface area (Å²) in [6.45, 7) is 2.10. The quantitative estimate of drug-likeness (QED) is 0.608. The molecule has 146 valence electrons. The van der Waals surface area contributed by atoms with Gasteiger partial charge < -0.3 is 10.1 Å². The van der Waals surface area contributed by atoms with Crippen LogP contribution in [0.4, 0.5) is 0 Å². The van der Waals surface area contributed by atoms with Gasteiger partial charge in [-0.25, -0.2) is 4.68 Å². The Morgan fingerprint density at radius 1 is 1.29 bits per heavy atom. The molecule has 28 heavy (non-hydrogen) atoms. The van der Waals surface area contributed by atoms with Gasteiger partial charge in [-0.1, -0.05) is 29.3 Å². The molecule has 1 amide bonds. The summed E-state index contributed by atoms with van der Waals surface area (Å²) in [4.78, 5) is 25.2. The Hall–Kier alpha value is -2.35. The second-order valence-corrected chi connectivity index (χ2v) is 7.67. The van der Waals surface area contributed by atoms with Gasteiger partial charge in [-0.15, -0.1) is 11.3 Å². The van der Waals surface area contributed by atoms with Crippen molar-refractivity contribution >= 4 is 40.4 Å². The lowest BCUT2D eigenvalue weighted by atomic mass is 10.3. The summed E-state index contributed by atoms with van der Waals surface area (Å²) in [5, 5.41) is 9.84. The highest BCUT2D eigenvalue weighted by Crippen LogP contribution is 2.28. The normalized spacial score (nSPS) is 11.8. The first-order chi connectivity index (χ1) is 13.4. The summed E-state index contributed by atoms with van der Waals surface area (Å²) in [7, 11) is 0. The molecule has 1 atom stereocenters. The highest BCUT2D eigenvalue weighted by molar-refractivity contribution is 7.13. The third-order valence-electron chi connectivity index (χ3n) is 3.83. The zero-order chi connectivity index (χ0) is 20.1. The first kappa shape index (κ1) is 20.4. The molecule has 0 radical (unpaired) electrons. The largest absolute Gasteiger partial charge is 0.479 e. The number of carbonyl (C=O) groups is 1. The minimum Gasteiger partial charge on any atom is -0.479 e. The minimum absolute atomic E-state index is 0.230. The van der Waals surface area contributed by atoms with E-state index in [9.17, 15) is 9.59 Å². The van der Waals surface area contributed by atoms with Crippen LogP contribution in [0.5, 0.6) is 5.75 Å². The van der Waals surface area contributed by atoms with Crippen LogP contribution in [-0.4, -0.2) is 28.3 Å². The number of nitrogens with zero attached hydrogens (tertiary/aromatic N) is 2. The Morgan fingerprint density at radius 3 is 2.82 bits per heavy atom. The van der Waals surface area contributed by atoms with Crippen LogP contribution in [0.1, 0.15) is 6.92 Å². The van der Waals surface area contributed by atoms with Crippen LogP contribution in [0.3, 0.4) is 0 Å². The van der Waals surface area contributed by atoms with E-state index in [0.29, 0.717) is 15.8 Å². The van der Waals surface area contributed by atoms with E-state index in [1.807, 2.05) is 17.5 Å². The van der Waals surface area contributed by atoms with Gasteiger partial charge in [0, 0.05) is 17.6 Å². The summed E-state index contributed by atoms with van der Waals surface area (Å²) in [5.74, 6) is 0.0451. The maximum absolute atomic E-state index is 12.2. The first-order valence-electron chi connectivity index (χ1n) is 8.45. The van der Waals surface area contributed by atoms with Crippen molar-refractivity contribution in [2.75, 3.05) is 6.54 Å². The fraction of sp³-hybridized carbons (Fsp3) is 0.211. The smallest absolute Gasteiger partial charge is 0.266 e. The van der Waals surface area contributed by atoms with Crippen molar-refractivity contribution in [3.8, 4) is 16.3 Å². The summed E-state index contributed by atoms with van der Waals surface area (Å²) >= 11 is 13.4. The monoisotopic (exact) mass is 437 g/mol. The molecule has 0 saturated heterocycles. The van der Waals surface area contributed by atoms with E-state index in [4.69, 9.17) is 27.9 Å². The highest BCUT2D eigenvalue weighted by atomic mass is 35.5. The Labute approximate surface area is 175 Å². The van der Waals surface area contributed by atoms with Gasteiger partial charge >= 0.3 is 0 Å². The molecule has 0 bridgehead atoms. The summed E-state index contributed by atoms with van der Waals surface area (Å²) < 4.78 is 6.90. The van der Waals surface area contributed by atoms with E-state index in [0.717, 1.165) is 10.6 Å². The maximum Gasteiger partial charge on any atom is 0.266 e. The molecule has 1 N–H and O–H groups in total. The van der Waals surface area contributed by atoms with Crippen molar-refractivity contribution in [3.63, 3.8) is 0 Å². The van der Waals surface area contributed by atoms with Crippen LogP contribution in [0.25, 0.3) is 10.6 Å². The zero-order valence-electron chi connectivity index (χ0n) is 14.9. The van der Waals surface area contributed by atoms with E-state index in [1.165, 1.54) is 10.7 Å². The van der Waals surface area contributed by atoms with E-state index >= 15 is 0 Å². The van der Waals surface area contributed by atoms with E-state index in [-0.39, 0.29) is 24.6 Å². The molecule has 0 aliphatic carbocycles. The van der Waals surface area contributed by atoms with Gasteiger partial charge in [0.05, 0.1) is 16.4 Å². The summed E-state index contributed by atoms with van der Waals surface area (Å²) in [6, 6.07) is 11.8. The van der Waals surface area contributed by atoms with Gasteiger partial charge in [0.25, 0.3) is 11.5 Å². The third-order valence-corrected chi connectivity index (χ3v) is 5.25. The Morgan fingerprint density at radius 2 is 2.11 bits per heavy atom. The third kappa shape index (κ3) is 5.13. The molecule has 0 saturated carbocycles. The molecule has 9 heteroatoms. The number of hydrogen-bond acceptors (Lipinski definition) is 5. The average Bonchev–Trinajstić information content (AvgIpc) is 3.20. The first-order valence-corrected chi connectivity index (χ1v) is 10.1. The molecule has 0 unspecified atom stereocenters. The molecule has 2 heterocycles. The second-order valence-electron chi connectivity index (χ2n) is 5.88. The second kappa shape index (κ2) is 9.23. The number of halogens is 2. The van der Waals surface area contributed by atoms with Crippen LogP contribution in [0.15, 0.2) is 52.6 Å². The van der Waals surface area contributed by atoms with Crippen molar-refractivity contribution in [3.05, 3.63) is 68.2 Å². The molecule has 3 aromatic rings. The van der Waals surface area contributed by atoms with Crippen molar-refractivity contribution in [1.29, 1.82) is 0 Å². The Balaban J connectivity index is 1.56. The van der Waals surface area contributed by atoms with Crippen molar-refractivity contribution in [2.45, 2.75) is 19.6 Å². The minimum atomic E-state index is -0.763. The summed E-state index contributed by atoms with van der Waals surface area (Å²) in [5.41, 5.74) is 0.488. The molecule has 0 aliphatic rings. The summed E-state index contributed by atoms with van der Waals surface area (Å²) in [6.07, 6.45) is -0.763. The van der Waals surface area contributed by atoms with Gasteiger partial charge in [0.1, 0.15) is 11.4 Å². The van der Waals surface area contributed by atoms with Crippen molar-refractivity contribution in [2.24, 2.45) is 0 Å². The predicted molar refractivity (Wildman–Crippen MR) is 111 cm³/mol. The number of amides is 1. The molecule has 2 aromatic heterocycles. The van der Waals surface area contributed by atoms with E-state index in [1.54, 1.807) is 42.5 Å². The van der Waals surface area contributed by atoms with Crippen LogP contribution >= 0.6 is 34.5 Å². The van der Waals surface area contributed by atoms with Crippen LogP contribution in [0.2, 0.25) is 10.0 Å². The fourth-order valence-corrected chi connectivity index (χ4v) is 3.55. The highest BCUT2D eigenvalue weighted by Gasteiger charge is 2.16. The van der Waals surface area contributed by atoms with Gasteiger partial charge in [-0.2, -0.15) is 5.10 Å². The zero-order valence-corrected chi connectivity index (χ0v) is 17.2. The number of carbonyl (C=O) groups excluding carboxylic acids is 1. The lowest BCUT2D eigenvalue weighted by Gasteiger charge is -2.16. The van der Waals surface area contributed by atoms with E-state index < -0.39 is 6.10 Å². The average molecular weight is 438 g/mol.